The highest BCUT2D eigenvalue weighted by Crippen LogP contribution is 2.25. The number of aromatic nitrogens is 1. The largest absolute Gasteiger partial charge is 0.480 e. The van der Waals surface area contributed by atoms with Crippen LogP contribution in [0.2, 0.25) is 5.02 Å². The molecule has 0 aliphatic carbocycles. The zero-order valence-electron chi connectivity index (χ0n) is 17.7. The third-order valence-corrected chi connectivity index (χ3v) is 8.15. The third-order valence-electron chi connectivity index (χ3n) is 5.99. The summed E-state index contributed by atoms with van der Waals surface area (Å²) in [5.41, 5.74) is 1.71. The van der Waals surface area contributed by atoms with E-state index in [-0.39, 0.29) is 30.3 Å². The van der Waals surface area contributed by atoms with Crippen molar-refractivity contribution in [3.8, 4) is 0 Å². The molecule has 3 aromatic rings. The quantitative estimate of drug-likeness (QED) is 0.471. The van der Waals surface area contributed by atoms with Crippen molar-refractivity contribution in [1.29, 1.82) is 0 Å². The van der Waals surface area contributed by atoms with E-state index in [4.69, 9.17) is 11.6 Å². The van der Waals surface area contributed by atoms with Gasteiger partial charge >= 0.3 is 5.97 Å². The second-order valence-corrected chi connectivity index (χ2v) is 10.5. The molecule has 1 aliphatic heterocycles. The van der Waals surface area contributed by atoms with Crippen molar-refractivity contribution in [2.45, 2.75) is 30.2 Å². The molecule has 4 rings (SSSR count). The molecule has 1 saturated heterocycles. The fraction of sp³-hybridized carbons (Fsp3) is 0.304. The van der Waals surface area contributed by atoms with Gasteiger partial charge in [0, 0.05) is 47.6 Å². The molecule has 0 unspecified atom stereocenters. The van der Waals surface area contributed by atoms with E-state index in [1.807, 2.05) is 24.3 Å². The predicted octanol–water partition coefficient (Wildman–Crippen LogP) is 3.03. The number of carbonyl (C=O) groups excluding carboxylic acids is 1. The van der Waals surface area contributed by atoms with Crippen LogP contribution < -0.4 is 5.32 Å². The summed E-state index contributed by atoms with van der Waals surface area (Å²) in [5, 5.41) is 13.7. The van der Waals surface area contributed by atoms with Crippen LogP contribution in [0.3, 0.4) is 0 Å². The minimum atomic E-state index is -3.67. The van der Waals surface area contributed by atoms with Crippen LogP contribution in [0.4, 0.5) is 0 Å². The molecule has 0 saturated carbocycles. The van der Waals surface area contributed by atoms with Crippen LogP contribution in [0.15, 0.2) is 59.6 Å². The Balaban J connectivity index is 1.38. The number of fused-ring (bicyclic) bond motifs is 1. The Kier molecular flexibility index (Phi) is 6.73. The minimum absolute atomic E-state index is 0.148. The molecule has 3 N–H and O–H groups in total. The van der Waals surface area contributed by atoms with Crippen LogP contribution in [-0.4, -0.2) is 53.8 Å². The topological polar surface area (TPSA) is 120 Å². The first-order valence-electron chi connectivity index (χ1n) is 10.6. The number of aliphatic carboxylic acids is 1. The summed E-state index contributed by atoms with van der Waals surface area (Å²) in [5.74, 6) is -1.94. The van der Waals surface area contributed by atoms with E-state index < -0.39 is 28.0 Å². The number of amides is 1. The number of hydrogen-bond donors (Lipinski definition) is 3. The van der Waals surface area contributed by atoms with Gasteiger partial charge in [0.15, 0.2) is 0 Å². The maximum absolute atomic E-state index is 12.8. The molecule has 1 fully saturated rings. The molecule has 2 heterocycles. The van der Waals surface area contributed by atoms with Crippen molar-refractivity contribution in [3.63, 3.8) is 0 Å². The number of nitrogens with one attached hydrogen (secondary N) is 2. The second-order valence-electron chi connectivity index (χ2n) is 8.10. The highest BCUT2D eigenvalue weighted by molar-refractivity contribution is 7.89. The number of aromatic amines is 1. The summed E-state index contributed by atoms with van der Waals surface area (Å²) in [6.07, 6.45) is 2.54. The van der Waals surface area contributed by atoms with Gasteiger partial charge in [0.25, 0.3) is 0 Å². The van der Waals surface area contributed by atoms with Gasteiger partial charge in [-0.15, -0.1) is 0 Å². The Bertz CT molecular complexity index is 1260. The lowest BCUT2D eigenvalue weighted by Crippen LogP contribution is -2.48. The van der Waals surface area contributed by atoms with Gasteiger partial charge in [-0.3, -0.25) is 4.79 Å². The molecule has 0 spiro atoms. The molecule has 1 amide bonds. The van der Waals surface area contributed by atoms with Gasteiger partial charge in [-0.05, 0) is 48.7 Å². The maximum atomic E-state index is 12.8. The van der Waals surface area contributed by atoms with E-state index in [1.54, 1.807) is 6.20 Å². The first-order chi connectivity index (χ1) is 15.8. The smallest absolute Gasteiger partial charge is 0.326 e. The van der Waals surface area contributed by atoms with Gasteiger partial charge in [0.05, 0.1) is 4.90 Å². The summed E-state index contributed by atoms with van der Waals surface area (Å²) >= 11 is 5.84. The molecule has 33 heavy (non-hydrogen) atoms. The van der Waals surface area contributed by atoms with Gasteiger partial charge < -0.3 is 15.4 Å². The van der Waals surface area contributed by atoms with Crippen molar-refractivity contribution >= 4 is 44.4 Å². The van der Waals surface area contributed by atoms with E-state index in [0.717, 1.165) is 16.5 Å². The highest BCUT2D eigenvalue weighted by Gasteiger charge is 2.33. The zero-order chi connectivity index (χ0) is 23.6. The van der Waals surface area contributed by atoms with Crippen LogP contribution >= 0.6 is 11.6 Å². The summed E-state index contributed by atoms with van der Waals surface area (Å²) in [4.78, 5) is 27.9. The maximum Gasteiger partial charge on any atom is 0.326 e. The lowest BCUT2D eigenvalue weighted by atomic mass is 9.96. The number of rotatable bonds is 7. The summed E-state index contributed by atoms with van der Waals surface area (Å²) in [6, 6.07) is 12.4. The van der Waals surface area contributed by atoms with Gasteiger partial charge in [0.2, 0.25) is 15.9 Å². The predicted molar refractivity (Wildman–Crippen MR) is 125 cm³/mol. The number of para-hydroxylation sites is 1. The standard InChI is InChI=1S/C23H24ClN3O5S/c24-17-5-7-18(8-6-17)33(31,32)27-11-9-15(10-12-27)22(28)26-21(23(29)30)13-16-14-25-20-4-2-1-3-19(16)20/h1-8,14-15,21,25H,9-13H2,(H,26,28)(H,29,30)/t21-/m1/s1. The van der Waals surface area contributed by atoms with Gasteiger partial charge in [-0.1, -0.05) is 29.8 Å². The van der Waals surface area contributed by atoms with Crippen LogP contribution in [0.25, 0.3) is 10.9 Å². The molecule has 10 heteroatoms. The molecular weight excluding hydrogens is 466 g/mol. The number of halogens is 1. The van der Waals surface area contributed by atoms with Crippen molar-refractivity contribution in [2.75, 3.05) is 13.1 Å². The molecule has 0 bridgehead atoms. The van der Waals surface area contributed by atoms with E-state index in [1.165, 1.54) is 28.6 Å². The average molecular weight is 490 g/mol. The Labute approximate surface area is 196 Å². The summed E-state index contributed by atoms with van der Waals surface area (Å²) < 4.78 is 27.0. The molecule has 2 aromatic carbocycles. The summed E-state index contributed by atoms with van der Waals surface area (Å²) in [6.45, 7) is 0.368. The van der Waals surface area contributed by atoms with Gasteiger partial charge in [-0.25, -0.2) is 13.2 Å². The molecule has 1 aromatic heterocycles. The van der Waals surface area contributed by atoms with Crippen molar-refractivity contribution in [3.05, 3.63) is 65.3 Å². The lowest BCUT2D eigenvalue weighted by molar-refractivity contribution is -0.142. The first-order valence-corrected chi connectivity index (χ1v) is 12.4. The van der Waals surface area contributed by atoms with E-state index in [2.05, 4.69) is 10.3 Å². The minimum Gasteiger partial charge on any atom is -0.480 e. The normalized spacial score (nSPS) is 16.5. The highest BCUT2D eigenvalue weighted by atomic mass is 35.5. The lowest BCUT2D eigenvalue weighted by Gasteiger charge is -2.31. The monoisotopic (exact) mass is 489 g/mol. The number of nitrogens with zero attached hydrogens (tertiary/aromatic N) is 1. The second kappa shape index (κ2) is 9.54. The van der Waals surface area contributed by atoms with Crippen LogP contribution in [-0.2, 0) is 26.0 Å². The fourth-order valence-corrected chi connectivity index (χ4v) is 5.72. The number of carbonyl (C=O) groups is 2. The number of piperidine rings is 1. The van der Waals surface area contributed by atoms with E-state index in [0.29, 0.717) is 17.9 Å². The molecule has 0 radical (unpaired) electrons. The van der Waals surface area contributed by atoms with Crippen LogP contribution in [0.5, 0.6) is 0 Å². The van der Waals surface area contributed by atoms with Crippen molar-refractivity contribution < 1.29 is 23.1 Å². The molecule has 8 nitrogen and oxygen atoms in total. The molecule has 174 valence electrons. The third kappa shape index (κ3) is 5.05. The van der Waals surface area contributed by atoms with Crippen LogP contribution in [0.1, 0.15) is 18.4 Å². The number of carboxylic acids is 1. The average Bonchev–Trinajstić information content (AvgIpc) is 3.22. The number of hydrogen-bond acceptors (Lipinski definition) is 4. The molecule has 1 atom stereocenters. The van der Waals surface area contributed by atoms with Gasteiger partial charge in [0.1, 0.15) is 6.04 Å². The van der Waals surface area contributed by atoms with Gasteiger partial charge in [-0.2, -0.15) is 4.31 Å². The fourth-order valence-electron chi connectivity index (χ4n) is 4.12. The Morgan fingerprint density at radius 3 is 2.45 bits per heavy atom. The van der Waals surface area contributed by atoms with Crippen molar-refractivity contribution in [1.82, 2.24) is 14.6 Å². The Hall–Kier alpha value is -2.88. The summed E-state index contributed by atoms with van der Waals surface area (Å²) in [7, 11) is -3.67. The van der Waals surface area contributed by atoms with Crippen molar-refractivity contribution in [2.24, 2.45) is 5.92 Å². The Morgan fingerprint density at radius 1 is 1.12 bits per heavy atom. The number of carboxylic acid groups (broad SMARTS) is 1. The number of benzene rings is 2. The number of sulfonamides is 1. The van der Waals surface area contributed by atoms with Crippen LogP contribution in [0, 0.1) is 5.92 Å². The Morgan fingerprint density at radius 2 is 1.79 bits per heavy atom. The molecular formula is C23H24ClN3O5S. The first kappa shape index (κ1) is 23.3. The molecule has 1 aliphatic rings. The van der Waals surface area contributed by atoms with E-state index in [9.17, 15) is 23.1 Å². The van der Waals surface area contributed by atoms with E-state index >= 15 is 0 Å². The SMILES string of the molecule is O=C(N[C@H](Cc1c[nH]c2ccccc12)C(=O)O)C1CCN(S(=O)(=O)c2ccc(Cl)cc2)CC1. The zero-order valence-corrected chi connectivity index (χ0v) is 19.3. The number of H-pyrrole nitrogens is 1.